The van der Waals surface area contributed by atoms with E-state index in [1.54, 1.807) is 6.07 Å². The Bertz CT molecular complexity index is 523. The molecular weight excluding hydrogens is 580 g/mol. The van der Waals surface area contributed by atoms with Crippen molar-refractivity contribution in [3.63, 3.8) is 0 Å². The van der Waals surface area contributed by atoms with Crippen LogP contribution in [0.5, 0.6) is 5.75 Å². The molecule has 0 unspecified atom stereocenters. The van der Waals surface area contributed by atoms with E-state index >= 15 is 0 Å². The minimum Gasteiger partial charge on any atom is -0.507 e. The molecule has 1 aromatic carbocycles. The van der Waals surface area contributed by atoms with Gasteiger partial charge in [-0.05, 0) is 45.1 Å². The number of hydrogen-bond acceptors (Lipinski definition) is 2. The van der Waals surface area contributed by atoms with E-state index in [4.69, 9.17) is 0 Å². The monoisotopic (exact) mass is 600 g/mol. The summed E-state index contributed by atoms with van der Waals surface area (Å²) in [6, 6.07) is 5.73. The van der Waals surface area contributed by atoms with Gasteiger partial charge < -0.3 is 14.6 Å². The zero-order valence-electron chi connectivity index (χ0n) is 11.6. The maximum atomic E-state index is 10.00. The van der Waals surface area contributed by atoms with Crippen LogP contribution < -0.4 is 0 Å². The van der Waals surface area contributed by atoms with Gasteiger partial charge in [-0.25, -0.2) is 0 Å². The number of phenols is 1. The fraction of sp³-hybridized carbons (Fsp3) is 0.429. The summed E-state index contributed by atoms with van der Waals surface area (Å²) in [6.07, 6.45) is 3.13. The summed E-state index contributed by atoms with van der Waals surface area (Å²) >= 11 is 0. The minimum absolute atomic E-state index is 0. The first kappa shape index (κ1) is 18.9. The van der Waals surface area contributed by atoms with Crippen molar-refractivity contribution in [3.8, 4) is 5.75 Å². The topological polar surface area (TPSA) is 28.4 Å². The molecule has 1 heterocycles. The van der Waals surface area contributed by atoms with Crippen molar-refractivity contribution in [2.45, 2.75) is 19.9 Å². The molecule has 0 amide bonds. The minimum atomic E-state index is 0. The average Bonchev–Trinajstić information content (AvgIpc) is 2.66. The first-order valence-corrected chi connectivity index (χ1v) is 6.08. The largest absolute Gasteiger partial charge is 0.507 e. The standard InChI is InChI=1S/C14H20N2O.2W/c1-4-16-10-11(8-9-15(2)3)14-12(16)6-5-7-13(14)17;;/h5-7,10,17H,4,8-9H2,1-3H3;;. The van der Waals surface area contributed by atoms with Crippen LogP contribution in [0.2, 0.25) is 0 Å². The Morgan fingerprint density at radius 2 is 1.89 bits per heavy atom. The second-order valence-corrected chi connectivity index (χ2v) is 4.66. The Labute approximate surface area is 143 Å². The predicted molar refractivity (Wildman–Crippen MR) is 71.5 cm³/mol. The van der Waals surface area contributed by atoms with Gasteiger partial charge in [0.25, 0.3) is 0 Å². The number of aromatic hydroxyl groups is 1. The molecule has 0 saturated carbocycles. The summed E-state index contributed by atoms with van der Waals surface area (Å²) in [7, 11) is 4.14. The van der Waals surface area contributed by atoms with Gasteiger partial charge in [0, 0.05) is 66.8 Å². The number of nitrogens with zero attached hydrogens (tertiary/aromatic N) is 2. The molecule has 1 aromatic heterocycles. The van der Waals surface area contributed by atoms with Crippen LogP contribution in [0, 0.1) is 0 Å². The Kier molecular flexibility index (Phi) is 8.20. The van der Waals surface area contributed by atoms with E-state index in [1.807, 2.05) is 6.07 Å². The third-order valence-corrected chi connectivity index (χ3v) is 3.13. The van der Waals surface area contributed by atoms with Crippen molar-refractivity contribution in [3.05, 3.63) is 30.0 Å². The number of rotatable bonds is 4. The second-order valence-electron chi connectivity index (χ2n) is 4.66. The van der Waals surface area contributed by atoms with Crippen molar-refractivity contribution < 1.29 is 47.2 Å². The van der Waals surface area contributed by atoms with Crippen LogP contribution >= 0.6 is 0 Å². The summed E-state index contributed by atoms with van der Waals surface area (Å²) < 4.78 is 2.19. The van der Waals surface area contributed by atoms with Crippen LogP contribution in [-0.2, 0) is 55.1 Å². The number of phenolic OH excluding ortho intramolecular Hbond substituents is 1. The first-order chi connectivity index (χ1) is 8.13. The van der Waals surface area contributed by atoms with E-state index < -0.39 is 0 Å². The molecule has 0 spiro atoms. The van der Waals surface area contributed by atoms with Gasteiger partial charge in [0.15, 0.2) is 0 Å². The quantitative estimate of drug-likeness (QED) is 0.585. The number of aromatic nitrogens is 1. The number of fused-ring (bicyclic) bond motifs is 1. The average molecular weight is 600 g/mol. The molecule has 0 aliphatic carbocycles. The fourth-order valence-electron chi connectivity index (χ4n) is 2.21. The number of likely N-dealkylation sites (N-methyl/N-ethyl adjacent to an activating group) is 1. The van der Waals surface area contributed by atoms with Crippen molar-refractivity contribution >= 4 is 10.9 Å². The molecule has 0 saturated heterocycles. The molecule has 1 N–H and O–H groups in total. The Morgan fingerprint density at radius 1 is 1.21 bits per heavy atom. The smallest absolute Gasteiger partial charge is 0.125 e. The summed E-state index contributed by atoms with van der Waals surface area (Å²) in [6.45, 7) is 4.05. The molecule has 0 atom stereocenters. The normalized spacial score (nSPS) is 10.3. The van der Waals surface area contributed by atoms with E-state index in [0.717, 1.165) is 30.4 Å². The second kappa shape index (κ2) is 8.24. The zero-order chi connectivity index (χ0) is 12.4. The van der Waals surface area contributed by atoms with Gasteiger partial charge in [-0.15, -0.1) is 0 Å². The van der Waals surface area contributed by atoms with Crippen LogP contribution in [-0.4, -0.2) is 35.2 Å². The molecule has 0 aliphatic rings. The summed E-state index contributed by atoms with van der Waals surface area (Å²) in [5.74, 6) is 0.392. The first-order valence-electron chi connectivity index (χ1n) is 6.08. The van der Waals surface area contributed by atoms with Crippen LogP contribution in [0.4, 0.5) is 0 Å². The maximum Gasteiger partial charge on any atom is 0.125 e. The van der Waals surface area contributed by atoms with Crippen molar-refractivity contribution in [1.82, 2.24) is 9.47 Å². The van der Waals surface area contributed by atoms with E-state index in [0.29, 0.717) is 5.75 Å². The third-order valence-electron chi connectivity index (χ3n) is 3.13. The Morgan fingerprint density at radius 3 is 2.47 bits per heavy atom. The Balaban J connectivity index is 0.00000162. The van der Waals surface area contributed by atoms with E-state index in [9.17, 15) is 5.11 Å². The summed E-state index contributed by atoms with van der Waals surface area (Å²) in [5, 5.41) is 11.0. The molecule has 0 aliphatic heterocycles. The number of aryl methyl sites for hydroxylation is 1. The van der Waals surface area contributed by atoms with Gasteiger partial charge in [0.05, 0.1) is 5.52 Å². The van der Waals surface area contributed by atoms with E-state index in [1.165, 1.54) is 5.56 Å². The van der Waals surface area contributed by atoms with Gasteiger partial charge in [0.2, 0.25) is 0 Å². The number of hydrogen-bond donors (Lipinski definition) is 1. The van der Waals surface area contributed by atoms with Crippen LogP contribution in [0.25, 0.3) is 10.9 Å². The maximum absolute atomic E-state index is 10.00. The molecule has 5 heteroatoms. The fourth-order valence-corrected chi connectivity index (χ4v) is 2.21. The summed E-state index contributed by atoms with van der Waals surface area (Å²) in [5.41, 5.74) is 2.36. The van der Waals surface area contributed by atoms with Crippen molar-refractivity contribution in [2.75, 3.05) is 20.6 Å². The molecule has 19 heavy (non-hydrogen) atoms. The summed E-state index contributed by atoms with van der Waals surface area (Å²) in [4.78, 5) is 2.16. The molecule has 0 radical (unpaired) electrons. The number of benzene rings is 1. The third kappa shape index (κ3) is 4.18. The van der Waals surface area contributed by atoms with Gasteiger partial charge in [-0.1, -0.05) is 6.07 Å². The molecule has 2 aromatic rings. The van der Waals surface area contributed by atoms with Crippen LogP contribution in [0.1, 0.15) is 12.5 Å². The van der Waals surface area contributed by atoms with Gasteiger partial charge in [-0.3, -0.25) is 0 Å². The van der Waals surface area contributed by atoms with Crippen molar-refractivity contribution in [1.29, 1.82) is 0 Å². The molecule has 0 bridgehead atoms. The van der Waals surface area contributed by atoms with Crippen LogP contribution in [0.15, 0.2) is 24.4 Å². The van der Waals surface area contributed by atoms with Crippen LogP contribution in [0.3, 0.4) is 0 Å². The molecule has 104 valence electrons. The molecule has 2 rings (SSSR count). The van der Waals surface area contributed by atoms with Gasteiger partial charge >= 0.3 is 0 Å². The van der Waals surface area contributed by atoms with Gasteiger partial charge in [0.1, 0.15) is 5.75 Å². The van der Waals surface area contributed by atoms with Gasteiger partial charge in [-0.2, -0.15) is 0 Å². The van der Waals surface area contributed by atoms with E-state index in [-0.39, 0.29) is 42.1 Å². The Hall–Kier alpha value is -0.103. The predicted octanol–water partition coefficient (Wildman–Crippen LogP) is 2.47. The molecule has 0 fully saturated rings. The van der Waals surface area contributed by atoms with E-state index in [2.05, 4.69) is 42.7 Å². The molecular formula is C14H20N2OW2. The zero-order valence-corrected chi connectivity index (χ0v) is 17.5. The SMILES string of the molecule is CCn1cc(CCN(C)C)c2c(O)cccc21.[W].[W]. The molecule has 3 nitrogen and oxygen atoms in total. The van der Waals surface area contributed by atoms with Crippen molar-refractivity contribution in [2.24, 2.45) is 0 Å².